The molecule has 2 aromatic rings. The van der Waals surface area contributed by atoms with Crippen LogP contribution in [-0.4, -0.2) is 23.0 Å². The van der Waals surface area contributed by atoms with Crippen molar-refractivity contribution in [1.82, 2.24) is 10.3 Å². The highest BCUT2D eigenvalue weighted by Crippen LogP contribution is 2.47. The topological polar surface area (TPSA) is 51.2 Å². The van der Waals surface area contributed by atoms with E-state index in [0.29, 0.717) is 19.1 Å². The molecule has 1 aromatic heterocycles. The van der Waals surface area contributed by atoms with Gasteiger partial charge in [-0.3, -0.25) is 9.78 Å². The molecule has 1 saturated carbocycles. The lowest BCUT2D eigenvalue weighted by atomic mass is 10.1. The number of carbonyl (C=O) groups excluding carboxylic acids is 1. The maximum absolute atomic E-state index is 12.5. The summed E-state index contributed by atoms with van der Waals surface area (Å²) in [4.78, 5) is 16.6. The van der Waals surface area contributed by atoms with E-state index in [1.54, 1.807) is 6.20 Å². The quantitative estimate of drug-likeness (QED) is 0.850. The van der Waals surface area contributed by atoms with Gasteiger partial charge in [0.15, 0.2) is 0 Å². The summed E-state index contributed by atoms with van der Waals surface area (Å²) in [5.74, 6) is 0.472. The number of amides is 1. The molecule has 1 heterocycles. The molecule has 0 spiro atoms. The molecule has 4 heteroatoms. The highest BCUT2D eigenvalue weighted by Gasteiger charge is 2.45. The molecule has 0 unspecified atom stereocenters. The number of hydrogen-bond acceptors (Lipinski definition) is 3. The maximum Gasteiger partial charge on any atom is 0.224 e. The van der Waals surface area contributed by atoms with Gasteiger partial charge in [0.2, 0.25) is 5.91 Å². The number of hydrogen-bond donors (Lipinski definition) is 1. The zero-order valence-corrected chi connectivity index (χ0v) is 14.2. The lowest BCUT2D eigenvalue weighted by Crippen LogP contribution is -2.47. The summed E-state index contributed by atoms with van der Waals surface area (Å²) >= 11 is 0. The van der Waals surface area contributed by atoms with E-state index in [4.69, 9.17) is 4.74 Å². The average Bonchev–Trinajstić information content (AvgIpc) is 3.37. The molecule has 0 radical (unpaired) electrons. The minimum absolute atomic E-state index is 0.0580. The Kier molecular flexibility index (Phi) is 4.95. The van der Waals surface area contributed by atoms with E-state index in [9.17, 15) is 4.79 Å². The van der Waals surface area contributed by atoms with Gasteiger partial charge >= 0.3 is 0 Å². The molecular weight excluding hydrogens is 300 g/mol. The number of nitrogens with one attached hydrogen (secondary N) is 1. The van der Waals surface area contributed by atoms with E-state index in [0.717, 1.165) is 17.5 Å². The molecule has 1 N–H and O–H groups in total. The first-order valence-corrected chi connectivity index (χ1v) is 8.39. The number of aromatic nitrogens is 1. The predicted octanol–water partition coefficient (Wildman–Crippen LogP) is 3.30. The monoisotopic (exact) mass is 324 g/mol. The van der Waals surface area contributed by atoms with Gasteiger partial charge in [-0.1, -0.05) is 36.4 Å². The van der Waals surface area contributed by atoms with Crippen LogP contribution in [0.2, 0.25) is 0 Å². The molecule has 1 aliphatic carbocycles. The minimum Gasteiger partial charge on any atom is -0.374 e. The summed E-state index contributed by atoms with van der Waals surface area (Å²) < 4.78 is 5.77. The first-order chi connectivity index (χ1) is 11.6. The Bertz CT molecular complexity index is 671. The normalized spacial score (nSPS) is 19.8. The number of nitrogens with zero attached hydrogens (tertiary/aromatic N) is 1. The molecule has 24 heavy (non-hydrogen) atoms. The molecule has 1 amide bonds. The van der Waals surface area contributed by atoms with Crippen molar-refractivity contribution >= 4 is 5.91 Å². The molecule has 0 bridgehead atoms. The van der Waals surface area contributed by atoms with Crippen LogP contribution in [-0.2, 0) is 16.1 Å². The fraction of sp³-hybridized carbons (Fsp3) is 0.400. The molecule has 0 saturated heterocycles. The largest absolute Gasteiger partial charge is 0.374 e. The second-order valence-electron chi connectivity index (χ2n) is 7.09. The van der Waals surface area contributed by atoms with Gasteiger partial charge in [0, 0.05) is 18.3 Å². The van der Waals surface area contributed by atoms with Crippen molar-refractivity contribution in [2.24, 2.45) is 5.92 Å². The molecule has 4 nitrogen and oxygen atoms in total. The van der Waals surface area contributed by atoms with Crippen molar-refractivity contribution in [2.75, 3.05) is 6.61 Å². The van der Waals surface area contributed by atoms with Crippen LogP contribution in [0.3, 0.4) is 0 Å². The van der Waals surface area contributed by atoms with Gasteiger partial charge in [0.25, 0.3) is 0 Å². The molecule has 1 aromatic carbocycles. The summed E-state index contributed by atoms with van der Waals surface area (Å²) in [7, 11) is 0. The number of benzene rings is 1. The van der Waals surface area contributed by atoms with Gasteiger partial charge in [-0.15, -0.1) is 0 Å². The van der Waals surface area contributed by atoms with Crippen molar-refractivity contribution in [1.29, 1.82) is 0 Å². The Morgan fingerprint density at radius 3 is 2.75 bits per heavy atom. The fourth-order valence-electron chi connectivity index (χ4n) is 2.91. The average molecular weight is 324 g/mol. The van der Waals surface area contributed by atoms with Crippen LogP contribution in [0.1, 0.15) is 37.3 Å². The van der Waals surface area contributed by atoms with Crippen LogP contribution in [0.4, 0.5) is 0 Å². The third kappa shape index (κ3) is 4.42. The summed E-state index contributed by atoms with van der Waals surface area (Å²) in [6.07, 6.45) is 4.51. The molecule has 126 valence electrons. The van der Waals surface area contributed by atoms with E-state index >= 15 is 0 Å². The number of ether oxygens (including phenoxy) is 1. The summed E-state index contributed by atoms with van der Waals surface area (Å²) in [5, 5.41) is 3.12. The van der Waals surface area contributed by atoms with Crippen LogP contribution in [0, 0.1) is 5.92 Å². The number of carbonyl (C=O) groups is 1. The van der Waals surface area contributed by atoms with Crippen molar-refractivity contribution < 1.29 is 9.53 Å². The smallest absolute Gasteiger partial charge is 0.224 e. The molecule has 1 fully saturated rings. The Morgan fingerprint density at radius 1 is 1.25 bits per heavy atom. The van der Waals surface area contributed by atoms with E-state index in [-0.39, 0.29) is 17.4 Å². The highest BCUT2D eigenvalue weighted by molar-refractivity contribution is 5.83. The third-order valence-corrected chi connectivity index (χ3v) is 4.28. The third-order valence-electron chi connectivity index (χ3n) is 4.28. The van der Waals surface area contributed by atoms with E-state index in [2.05, 4.69) is 10.3 Å². The number of pyridine rings is 1. The first-order valence-electron chi connectivity index (χ1n) is 8.39. The Balaban J connectivity index is 1.45. The molecule has 2 atom stereocenters. The van der Waals surface area contributed by atoms with Crippen molar-refractivity contribution in [3.63, 3.8) is 0 Å². The standard InChI is InChI=1S/C20H24N2O2/c1-20(2,14-24-13-15-7-4-3-5-8-15)22-19(23)18-11-17(18)16-9-6-10-21-12-16/h3-10,12,17-18H,11,13-14H2,1-2H3,(H,22,23)/t17-,18+/m1/s1. The second kappa shape index (κ2) is 7.14. The van der Waals surface area contributed by atoms with E-state index < -0.39 is 0 Å². The first kappa shape index (κ1) is 16.7. The zero-order chi connectivity index (χ0) is 17.0. The van der Waals surface area contributed by atoms with E-state index in [1.165, 1.54) is 0 Å². The lowest BCUT2D eigenvalue weighted by Gasteiger charge is -2.26. The van der Waals surface area contributed by atoms with Crippen LogP contribution in [0.25, 0.3) is 0 Å². The van der Waals surface area contributed by atoms with Gasteiger partial charge in [-0.05, 0) is 43.4 Å². The van der Waals surface area contributed by atoms with E-state index in [1.807, 2.05) is 62.5 Å². The molecular formula is C20H24N2O2. The van der Waals surface area contributed by atoms with Crippen molar-refractivity contribution in [3.8, 4) is 0 Å². The van der Waals surface area contributed by atoms with Crippen LogP contribution < -0.4 is 5.32 Å². The van der Waals surface area contributed by atoms with Gasteiger partial charge < -0.3 is 10.1 Å². The van der Waals surface area contributed by atoms with Gasteiger partial charge in [0.1, 0.15) is 0 Å². The predicted molar refractivity (Wildman–Crippen MR) is 93.4 cm³/mol. The number of rotatable bonds is 7. The summed E-state index contributed by atoms with van der Waals surface area (Å²) in [6, 6.07) is 14.0. The Hall–Kier alpha value is -2.20. The zero-order valence-electron chi connectivity index (χ0n) is 14.2. The summed E-state index contributed by atoms with van der Waals surface area (Å²) in [6.45, 7) is 5.04. The Morgan fingerprint density at radius 2 is 2.04 bits per heavy atom. The second-order valence-corrected chi connectivity index (χ2v) is 7.09. The SMILES string of the molecule is CC(C)(COCc1ccccc1)NC(=O)[C@H]1C[C@@H]1c1cccnc1. The maximum atomic E-state index is 12.5. The molecule has 3 rings (SSSR count). The van der Waals surface area contributed by atoms with Gasteiger partial charge in [0.05, 0.1) is 18.8 Å². The molecule has 1 aliphatic rings. The fourth-order valence-corrected chi connectivity index (χ4v) is 2.91. The van der Waals surface area contributed by atoms with Crippen molar-refractivity contribution in [3.05, 3.63) is 66.0 Å². The van der Waals surface area contributed by atoms with Gasteiger partial charge in [-0.25, -0.2) is 0 Å². The van der Waals surface area contributed by atoms with Gasteiger partial charge in [-0.2, -0.15) is 0 Å². The van der Waals surface area contributed by atoms with Crippen LogP contribution in [0.15, 0.2) is 54.9 Å². The van der Waals surface area contributed by atoms with Crippen molar-refractivity contribution in [2.45, 2.75) is 38.3 Å². The van der Waals surface area contributed by atoms with Crippen LogP contribution >= 0.6 is 0 Å². The highest BCUT2D eigenvalue weighted by atomic mass is 16.5. The van der Waals surface area contributed by atoms with Crippen LogP contribution in [0.5, 0.6) is 0 Å². The minimum atomic E-state index is -0.381. The lowest BCUT2D eigenvalue weighted by molar-refractivity contribution is -0.124. The molecule has 0 aliphatic heterocycles. The Labute approximate surface area is 143 Å². The summed E-state index contributed by atoms with van der Waals surface area (Å²) in [5.41, 5.74) is 1.91.